The normalized spacial score (nSPS) is 17.1. The van der Waals surface area contributed by atoms with Crippen LogP contribution in [-0.2, 0) is 26.3 Å². The maximum absolute atomic E-state index is 13.3. The molecule has 0 N–H and O–H groups in total. The first kappa shape index (κ1) is 23.3. The highest BCUT2D eigenvalue weighted by Gasteiger charge is 2.35. The standard InChI is InChI=1S/C27H33N5O3/c1-30-15-14-23(28-30)26(33)31(2)24(18-19-8-4-3-5-9-19)20-12-16-32(17-13-20)27(34)25-21-10-6-7-11-22(21)29-35-25/h3-5,8-9,14-15,20,24H,6-7,10-13,16-18H2,1-2H3. The van der Waals surface area contributed by atoms with E-state index in [0.29, 0.717) is 24.5 Å². The van der Waals surface area contributed by atoms with E-state index in [1.807, 2.05) is 42.1 Å². The summed E-state index contributed by atoms with van der Waals surface area (Å²) in [6.07, 6.45) is 8.17. The summed E-state index contributed by atoms with van der Waals surface area (Å²) in [6, 6.07) is 12.1. The van der Waals surface area contributed by atoms with Gasteiger partial charge < -0.3 is 14.3 Å². The lowest BCUT2D eigenvalue weighted by Gasteiger charge is -2.39. The Balaban J connectivity index is 1.30. The summed E-state index contributed by atoms with van der Waals surface area (Å²) < 4.78 is 7.16. The lowest BCUT2D eigenvalue weighted by Crippen LogP contribution is -2.48. The minimum atomic E-state index is -0.0710. The summed E-state index contributed by atoms with van der Waals surface area (Å²) in [6.45, 7) is 1.30. The molecule has 0 saturated carbocycles. The molecule has 5 rings (SSSR count). The number of benzene rings is 1. The maximum atomic E-state index is 13.3. The highest BCUT2D eigenvalue weighted by Crippen LogP contribution is 2.30. The van der Waals surface area contributed by atoms with Gasteiger partial charge in [-0.15, -0.1) is 0 Å². The van der Waals surface area contributed by atoms with E-state index in [9.17, 15) is 9.59 Å². The summed E-state index contributed by atoms with van der Waals surface area (Å²) in [5, 5.41) is 8.48. The predicted octanol–water partition coefficient (Wildman–Crippen LogP) is 3.52. The number of hydrogen-bond donors (Lipinski definition) is 0. The smallest absolute Gasteiger partial charge is 0.292 e. The summed E-state index contributed by atoms with van der Waals surface area (Å²) >= 11 is 0. The molecular formula is C27H33N5O3. The van der Waals surface area contributed by atoms with Gasteiger partial charge in [-0.2, -0.15) is 5.10 Å². The van der Waals surface area contributed by atoms with E-state index in [4.69, 9.17) is 4.52 Å². The number of piperidine rings is 1. The van der Waals surface area contributed by atoms with Crippen molar-refractivity contribution >= 4 is 11.8 Å². The van der Waals surface area contributed by atoms with Crippen LogP contribution < -0.4 is 0 Å². The Kier molecular flexibility index (Phi) is 6.70. The van der Waals surface area contributed by atoms with Crippen LogP contribution in [0.4, 0.5) is 0 Å². The van der Waals surface area contributed by atoms with Crippen molar-refractivity contribution in [2.45, 2.75) is 51.0 Å². The molecule has 1 fully saturated rings. The lowest BCUT2D eigenvalue weighted by atomic mass is 9.84. The van der Waals surface area contributed by atoms with E-state index in [1.165, 1.54) is 5.56 Å². The molecule has 3 heterocycles. The number of carbonyl (C=O) groups excluding carboxylic acids is 2. The fourth-order valence-corrected chi connectivity index (χ4v) is 5.53. The first-order valence-electron chi connectivity index (χ1n) is 12.6. The van der Waals surface area contributed by atoms with E-state index in [1.54, 1.807) is 16.9 Å². The number of hydrogen-bond acceptors (Lipinski definition) is 5. The zero-order valence-electron chi connectivity index (χ0n) is 20.5. The summed E-state index contributed by atoms with van der Waals surface area (Å²) in [5.41, 5.74) is 3.61. The van der Waals surface area contributed by atoms with Crippen LogP contribution >= 0.6 is 0 Å². The van der Waals surface area contributed by atoms with Gasteiger partial charge in [-0.3, -0.25) is 14.3 Å². The topological polar surface area (TPSA) is 84.5 Å². The Hall–Kier alpha value is -3.42. The highest BCUT2D eigenvalue weighted by atomic mass is 16.5. The largest absolute Gasteiger partial charge is 0.350 e. The lowest BCUT2D eigenvalue weighted by molar-refractivity contribution is 0.0499. The van der Waals surface area contributed by atoms with Gasteiger partial charge in [0.15, 0.2) is 0 Å². The molecule has 2 aliphatic rings. The van der Waals surface area contributed by atoms with Crippen LogP contribution in [0, 0.1) is 5.92 Å². The van der Waals surface area contributed by atoms with Gasteiger partial charge in [-0.1, -0.05) is 35.5 Å². The number of fused-ring (bicyclic) bond motifs is 1. The van der Waals surface area contributed by atoms with E-state index >= 15 is 0 Å². The second-order valence-corrected chi connectivity index (χ2v) is 9.82. The summed E-state index contributed by atoms with van der Waals surface area (Å²) in [7, 11) is 3.69. The fraction of sp³-hybridized carbons (Fsp3) is 0.481. The van der Waals surface area contributed by atoms with E-state index in [2.05, 4.69) is 22.4 Å². The fourth-order valence-electron chi connectivity index (χ4n) is 5.53. The molecule has 35 heavy (non-hydrogen) atoms. The van der Waals surface area contributed by atoms with Gasteiger partial charge in [0, 0.05) is 45.0 Å². The summed E-state index contributed by atoms with van der Waals surface area (Å²) in [4.78, 5) is 30.3. The number of rotatable bonds is 6. The summed E-state index contributed by atoms with van der Waals surface area (Å²) in [5.74, 6) is 0.594. The number of likely N-dealkylation sites (tertiary alicyclic amines) is 1. The van der Waals surface area contributed by atoms with Gasteiger partial charge in [-0.05, 0) is 62.5 Å². The minimum Gasteiger partial charge on any atom is -0.350 e. The van der Waals surface area contributed by atoms with Crippen LogP contribution in [0.5, 0.6) is 0 Å². The Morgan fingerprint density at radius 1 is 1.11 bits per heavy atom. The van der Waals surface area contributed by atoms with Crippen molar-refractivity contribution in [2.24, 2.45) is 13.0 Å². The average molecular weight is 476 g/mol. The molecule has 2 amide bonds. The van der Waals surface area contributed by atoms with Gasteiger partial charge in [0.1, 0.15) is 5.69 Å². The molecule has 2 aromatic heterocycles. The number of likely N-dealkylation sites (N-methyl/N-ethyl adjacent to an activating group) is 1. The van der Waals surface area contributed by atoms with Crippen LogP contribution in [0.15, 0.2) is 47.1 Å². The van der Waals surface area contributed by atoms with Gasteiger partial charge in [0.25, 0.3) is 11.8 Å². The molecule has 1 aliphatic heterocycles. The highest BCUT2D eigenvalue weighted by molar-refractivity contribution is 5.93. The van der Waals surface area contributed by atoms with Crippen molar-refractivity contribution in [3.8, 4) is 0 Å². The molecular weight excluding hydrogens is 442 g/mol. The maximum Gasteiger partial charge on any atom is 0.292 e. The molecule has 1 aliphatic carbocycles. The zero-order chi connectivity index (χ0) is 24.4. The number of amides is 2. The third-order valence-corrected chi connectivity index (χ3v) is 7.56. The molecule has 3 aromatic rings. The predicted molar refractivity (Wildman–Crippen MR) is 131 cm³/mol. The monoisotopic (exact) mass is 475 g/mol. The Bertz CT molecular complexity index is 1180. The van der Waals surface area contributed by atoms with Crippen LogP contribution in [0.2, 0.25) is 0 Å². The SMILES string of the molecule is CN(C(=O)c1ccn(C)n1)C(Cc1ccccc1)C1CCN(C(=O)c2onc3c2CCCC3)CC1. The Morgan fingerprint density at radius 2 is 1.86 bits per heavy atom. The minimum absolute atomic E-state index is 0.0159. The molecule has 8 heteroatoms. The van der Waals surface area contributed by atoms with Crippen molar-refractivity contribution in [1.82, 2.24) is 24.7 Å². The number of carbonyl (C=O) groups is 2. The van der Waals surface area contributed by atoms with Crippen molar-refractivity contribution < 1.29 is 14.1 Å². The first-order valence-corrected chi connectivity index (χ1v) is 12.6. The first-order chi connectivity index (χ1) is 17.0. The molecule has 1 aromatic carbocycles. The Morgan fingerprint density at radius 3 is 2.57 bits per heavy atom. The van der Waals surface area contributed by atoms with E-state index in [-0.39, 0.29) is 23.8 Å². The number of aryl methyl sites for hydroxylation is 2. The second-order valence-electron chi connectivity index (χ2n) is 9.82. The van der Waals surface area contributed by atoms with Crippen molar-refractivity contribution in [3.63, 3.8) is 0 Å². The molecule has 1 unspecified atom stereocenters. The van der Waals surface area contributed by atoms with Gasteiger partial charge >= 0.3 is 0 Å². The molecule has 0 spiro atoms. The molecule has 0 radical (unpaired) electrons. The van der Waals surface area contributed by atoms with Crippen LogP contribution in [-0.4, -0.2) is 62.7 Å². The van der Waals surface area contributed by atoms with Crippen LogP contribution in [0.3, 0.4) is 0 Å². The average Bonchev–Trinajstić information content (AvgIpc) is 3.53. The Labute approximate surface area is 205 Å². The van der Waals surface area contributed by atoms with E-state index < -0.39 is 0 Å². The van der Waals surface area contributed by atoms with Crippen molar-refractivity contribution in [2.75, 3.05) is 20.1 Å². The van der Waals surface area contributed by atoms with Crippen LogP contribution in [0.1, 0.15) is 63.5 Å². The number of aromatic nitrogens is 3. The quantitative estimate of drug-likeness (QED) is 0.545. The molecule has 0 bridgehead atoms. The van der Waals surface area contributed by atoms with Crippen LogP contribution in [0.25, 0.3) is 0 Å². The molecule has 1 saturated heterocycles. The third kappa shape index (κ3) is 4.88. The van der Waals surface area contributed by atoms with E-state index in [0.717, 1.165) is 56.2 Å². The van der Waals surface area contributed by atoms with Gasteiger partial charge in [0.05, 0.1) is 5.69 Å². The molecule has 1 atom stereocenters. The third-order valence-electron chi connectivity index (χ3n) is 7.56. The van der Waals surface area contributed by atoms with Crippen molar-refractivity contribution in [1.29, 1.82) is 0 Å². The second kappa shape index (κ2) is 10.1. The molecule has 184 valence electrons. The van der Waals surface area contributed by atoms with Gasteiger partial charge in [-0.25, -0.2) is 0 Å². The van der Waals surface area contributed by atoms with Crippen molar-refractivity contribution in [3.05, 3.63) is 70.9 Å². The molecule has 8 nitrogen and oxygen atoms in total. The van der Waals surface area contributed by atoms with Gasteiger partial charge in [0.2, 0.25) is 5.76 Å². The number of nitrogens with zero attached hydrogens (tertiary/aromatic N) is 5. The zero-order valence-corrected chi connectivity index (χ0v) is 20.5.